The van der Waals surface area contributed by atoms with Crippen molar-refractivity contribution >= 4 is 0 Å². The van der Waals surface area contributed by atoms with Gasteiger partial charge in [-0.2, -0.15) is 0 Å². The largest absolute Gasteiger partial charge is 0.338 e. The highest BCUT2D eigenvalue weighted by Gasteiger charge is 2.24. The van der Waals surface area contributed by atoms with E-state index in [1.165, 1.54) is 44.5 Å². The Kier molecular flexibility index (Phi) is 5.24. The molecule has 0 aromatic carbocycles. The number of imidazole rings is 1. The van der Waals surface area contributed by atoms with Crippen LogP contribution in [0.25, 0.3) is 0 Å². The van der Waals surface area contributed by atoms with E-state index in [1.54, 1.807) is 0 Å². The van der Waals surface area contributed by atoms with Gasteiger partial charge in [0.2, 0.25) is 0 Å². The van der Waals surface area contributed by atoms with Gasteiger partial charge in [-0.15, -0.1) is 0 Å². The second-order valence-corrected chi connectivity index (χ2v) is 5.61. The van der Waals surface area contributed by atoms with E-state index < -0.39 is 0 Å². The van der Waals surface area contributed by atoms with Crippen molar-refractivity contribution in [3.63, 3.8) is 0 Å². The second-order valence-electron chi connectivity index (χ2n) is 5.61. The molecule has 1 heterocycles. The number of aromatic nitrogens is 2. The standard InChI is InChI=1S/C15H27N3/c1-3-16-12-14-7-5-4-6-13(14)8-9-15-17-10-11-18(15)2/h10-11,13-14,16H,3-9,12H2,1-2H3. The first-order valence-electron chi connectivity index (χ1n) is 7.48. The molecule has 2 unspecified atom stereocenters. The average molecular weight is 249 g/mol. The Hall–Kier alpha value is -0.830. The van der Waals surface area contributed by atoms with Crippen molar-refractivity contribution in [1.29, 1.82) is 0 Å². The van der Waals surface area contributed by atoms with Crippen LogP contribution < -0.4 is 5.32 Å². The maximum atomic E-state index is 4.43. The molecule has 1 fully saturated rings. The summed E-state index contributed by atoms with van der Waals surface area (Å²) >= 11 is 0. The molecular weight excluding hydrogens is 222 g/mol. The van der Waals surface area contributed by atoms with Gasteiger partial charge in [0.05, 0.1) is 0 Å². The molecule has 1 aromatic heterocycles. The predicted octanol–water partition coefficient (Wildman–Crippen LogP) is 2.77. The van der Waals surface area contributed by atoms with Crippen LogP contribution in [0.3, 0.4) is 0 Å². The summed E-state index contributed by atoms with van der Waals surface area (Å²) in [5.74, 6) is 3.02. The molecule has 1 aliphatic rings. The minimum atomic E-state index is 0.888. The molecule has 0 radical (unpaired) electrons. The van der Waals surface area contributed by atoms with Gasteiger partial charge in [-0.3, -0.25) is 0 Å². The van der Waals surface area contributed by atoms with E-state index in [1.807, 2.05) is 12.4 Å². The molecule has 0 amide bonds. The van der Waals surface area contributed by atoms with Crippen molar-refractivity contribution in [2.75, 3.05) is 13.1 Å². The molecule has 0 saturated heterocycles. The first kappa shape index (κ1) is 13.6. The quantitative estimate of drug-likeness (QED) is 0.840. The lowest BCUT2D eigenvalue weighted by molar-refractivity contribution is 0.217. The van der Waals surface area contributed by atoms with Gasteiger partial charge < -0.3 is 9.88 Å². The molecule has 0 bridgehead atoms. The maximum absolute atomic E-state index is 4.43. The zero-order valence-electron chi connectivity index (χ0n) is 11.9. The molecule has 0 spiro atoms. The monoisotopic (exact) mass is 249 g/mol. The number of nitrogens with zero attached hydrogens (tertiary/aromatic N) is 2. The van der Waals surface area contributed by atoms with Gasteiger partial charge >= 0.3 is 0 Å². The van der Waals surface area contributed by atoms with Crippen molar-refractivity contribution in [2.24, 2.45) is 18.9 Å². The van der Waals surface area contributed by atoms with E-state index in [2.05, 4.69) is 28.8 Å². The highest BCUT2D eigenvalue weighted by atomic mass is 15.0. The first-order chi connectivity index (χ1) is 8.81. The van der Waals surface area contributed by atoms with Crippen LogP contribution in [0.2, 0.25) is 0 Å². The first-order valence-corrected chi connectivity index (χ1v) is 7.48. The second kappa shape index (κ2) is 6.93. The van der Waals surface area contributed by atoms with Gasteiger partial charge in [0.25, 0.3) is 0 Å². The molecule has 0 aliphatic heterocycles. The lowest BCUT2D eigenvalue weighted by Gasteiger charge is -2.31. The summed E-state index contributed by atoms with van der Waals surface area (Å²) in [6, 6.07) is 0. The molecule has 1 saturated carbocycles. The van der Waals surface area contributed by atoms with E-state index in [4.69, 9.17) is 0 Å². The van der Waals surface area contributed by atoms with Gasteiger partial charge in [0, 0.05) is 25.9 Å². The van der Waals surface area contributed by atoms with Gasteiger partial charge in [-0.05, 0) is 37.8 Å². The Bertz CT molecular complexity index is 345. The molecule has 1 aromatic rings. The van der Waals surface area contributed by atoms with Crippen LogP contribution in [0.4, 0.5) is 0 Å². The van der Waals surface area contributed by atoms with Crippen LogP contribution in [0.15, 0.2) is 12.4 Å². The zero-order valence-corrected chi connectivity index (χ0v) is 11.9. The lowest BCUT2D eigenvalue weighted by atomic mass is 9.77. The van der Waals surface area contributed by atoms with Crippen molar-refractivity contribution in [1.82, 2.24) is 14.9 Å². The maximum Gasteiger partial charge on any atom is 0.108 e. The van der Waals surface area contributed by atoms with Crippen molar-refractivity contribution < 1.29 is 0 Å². The summed E-state index contributed by atoms with van der Waals surface area (Å²) < 4.78 is 2.15. The van der Waals surface area contributed by atoms with Gasteiger partial charge in [-0.1, -0.05) is 26.2 Å². The minimum Gasteiger partial charge on any atom is -0.338 e. The van der Waals surface area contributed by atoms with Crippen LogP contribution in [-0.4, -0.2) is 22.6 Å². The Balaban J connectivity index is 1.83. The van der Waals surface area contributed by atoms with E-state index in [0.29, 0.717) is 0 Å². The third-order valence-electron chi connectivity index (χ3n) is 4.38. The Morgan fingerprint density at radius 2 is 2.11 bits per heavy atom. The smallest absolute Gasteiger partial charge is 0.108 e. The number of hydrogen-bond acceptors (Lipinski definition) is 2. The summed E-state index contributed by atoms with van der Waals surface area (Å²) in [5.41, 5.74) is 0. The van der Waals surface area contributed by atoms with Crippen LogP contribution >= 0.6 is 0 Å². The van der Waals surface area contributed by atoms with Gasteiger partial charge in [-0.25, -0.2) is 4.98 Å². The molecular formula is C15H27N3. The highest BCUT2D eigenvalue weighted by molar-refractivity contribution is 4.92. The number of aryl methyl sites for hydroxylation is 2. The average Bonchev–Trinajstić information content (AvgIpc) is 2.80. The number of nitrogens with one attached hydrogen (secondary N) is 1. The Morgan fingerprint density at radius 1 is 1.33 bits per heavy atom. The van der Waals surface area contributed by atoms with Crippen molar-refractivity contribution in [3.05, 3.63) is 18.2 Å². The third kappa shape index (κ3) is 3.58. The summed E-state index contributed by atoms with van der Waals surface area (Å²) in [4.78, 5) is 4.43. The predicted molar refractivity (Wildman–Crippen MR) is 75.5 cm³/mol. The molecule has 3 heteroatoms. The van der Waals surface area contributed by atoms with Gasteiger partial charge in [0.15, 0.2) is 0 Å². The fourth-order valence-corrected chi connectivity index (χ4v) is 3.21. The molecule has 2 rings (SSSR count). The Labute approximate surface area is 111 Å². The fourth-order valence-electron chi connectivity index (χ4n) is 3.21. The van der Waals surface area contributed by atoms with Gasteiger partial charge in [0.1, 0.15) is 5.82 Å². The van der Waals surface area contributed by atoms with Crippen LogP contribution in [0.1, 0.15) is 44.9 Å². The third-order valence-corrected chi connectivity index (χ3v) is 4.38. The topological polar surface area (TPSA) is 29.9 Å². The summed E-state index contributed by atoms with van der Waals surface area (Å²) in [6.45, 7) is 4.51. The number of hydrogen-bond donors (Lipinski definition) is 1. The number of rotatable bonds is 6. The highest BCUT2D eigenvalue weighted by Crippen LogP contribution is 2.32. The zero-order chi connectivity index (χ0) is 12.8. The molecule has 102 valence electrons. The molecule has 1 aliphatic carbocycles. The summed E-state index contributed by atoms with van der Waals surface area (Å²) in [7, 11) is 2.10. The van der Waals surface area contributed by atoms with E-state index in [0.717, 1.165) is 24.8 Å². The fraction of sp³-hybridized carbons (Fsp3) is 0.800. The lowest BCUT2D eigenvalue weighted by Crippen LogP contribution is -2.31. The SMILES string of the molecule is CCNCC1CCCCC1CCc1nccn1C. The minimum absolute atomic E-state index is 0.888. The van der Waals surface area contributed by atoms with E-state index in [-0.39, 0.29) is 0 Å². The van der Waals surface area contributed by atoms with Crippen LogP contribution in [-0.2, 0) is 13.5 Å². The van der Waals surface area contributed by atoms with E-state index >= 15 is 0 Å². The van der Waals surface area contributed by atoms with E-state index in [9.17, 15) is 0 Å². The molecule has 3 nitrogen and oxygen atoms in total. The molecule has 18 heavy (non-hydrogen) atoms. The normalized spacial score (nSPS) is 24.3. The summed E-state index contributed by atoms with van der Waals surface area (Å²) in [6.07, 6.45) is 12.1. The van der Waals surface area contributed by atoms with Crippen molar-refractivity contribution in [3.8, 4) is 0 Å². The molecule has 1 N–H and O–H groups in total. The van der Waals surface area contributed by atoms with Crippen LogP contribution in [0, 0.1) is 11.8 Å². The van der Waals surface area contributed by atoms with Crippen molar-refractivity contribution in [2.45, 2.75) is 45.4 Å². The molecule has 2 atom stereocenters. The van der Waals surface area contributed by atoms with Crippen LogP contribution in [0.5, 0.6) is 0 Å². The summed E-state index contributed by atoms with van der Waals surface area (Å²) in [5, 5.41) is 3.53. The Morgan fingerprint density at radius 3 is 2.78 bits per heavy atom.